The maximum atomic E-state index is 12.5. The molecule has 0 bridgehead atoms. The number of rotatable bonds is 9. The molecular weight excluding hydrogens is 432 g/mol. The molecule has 0 heterocycles. The molecule has 4 aromatic rings. The number of esters is 1. The smallest absolute Gasteiger partial charge is 0.317 e. The zero-order valence-electron chi connectivity index (χ0n) is 19.8. The van der Waals surface area contributed by atoms with Gasteiger partial charge in [0, 0.05) is 0 Å². The first-order valence-electron chi connectivity index (χ1n) is 11.7. The van der Waals surface area contributed by atoms with E-state index in [1.54, 1.807) is 0 Å². The standard InChI is InChI=1S/C32H28O3/c1-24(33)31(22-27-8-4-2-5-9-27)32(34)35-23-28-16-14-25(15-17-28)12-13-26-18-20-30(21-19-26)29-10-6-3-7-11-29/h2-21,31H,22-23H2,1H3/b13-12+. The van der Waals surface area contributed by atoms with Gasteiger partial charge in [-0.15, -0.1) is 0 Å². The summed E-state index contributed by atoms with van der Waals surface area (Å²) < 4.78 is 5.46. The quantitative estimate of drug-likeness (QED) is 0.153. The second kappa shape index (κ2) is 11.8. The third-order valence-corrected chi connectivity index (χ3v) is 5.90. The normalized spacial score (nSPS) is 11.8. The van der Waals surface area contributed by atoms with Crippen LogP contribution in [0.3, 0.4) is 0 Å². The van der Waals surface area contributed by atoms with Gasteiger partial charge in [-0.2, -0.15) is 0 Å². The van der Waals surface area contributed by atoms with Crippen LogP contribution >= 0.6 is 0 Å². The minimum absolute atomic E-state index is 0.141. The summed E-state index contributed by atoms with van der Waals surface area (Å²) >= 11 is 0. The Hall–Kier alpha value is -4.24. The Labute approximate surface area is 206 Å². The van der Waals surface area contributed by atoms with E-state index in [0.717, 1.165) is 22.3 Å². The van der Waals surface area contributed by atoms with Gasteiger partial charge >= 0.3 is 5.97 Å². The minimum atomic E-state index is -0.784. The number of ketones is 1. The van der Waals surface area contributed by atoms with Crippen LogP contribution in [-0.4, -0.2) is 11.8 Å². The van der Waals surface area contributed by atoms with E-state index >= 15 is 0 Å². The van der Waals surface area contributed by atoms with Crippen LogP contribution in [0, 0.1) is 5.92 Å². The second-order valence-electron chi connectivity index (χ2n) is 8.52. The molecule has 1 atom stereocenters. The van der Waals surface area contributed by atoms with Gasteiger partial charge in [0.05, 0.1) is 0 Å². The molecule has 0 saturated carbocycles. The summed E-state index contributed by atoms with van der Waals surface area (Å²) in [5.74, 6) is -1.45. The minimum Gasteiger partial charge on any atom is -0.460 e. The molecule has 0 amide bonds. The van der Waals surface area contributed by atoms with Gasteiger partial charge in [-0.05, 0) is 46.7 Å². The number of carbonyl (C=O) groups excluding carboxylic acids is 2. The first-order valence-corrected chi connectivity index (χ1v) is 11.7. The van der Waals surface area contributed by atoms with Gasteiger partial charge in [-0.1, -0.05) is 121 Å². The third kappa shape index (κ3) is 6.87. The second-order valence-corrected chi connectivity index (χ2v) is 8.52. The SMILES string of the molecule is CC(=O)C(Cc1ccccc1)C(=O)OCc1ccc(/C=C/c2ccc(-c3ccccc3)cc2)cc1. The fraction of sp³-hybridized carbons (Fsp3) is 0.125. The molecule has 0 aliphatic carbocycles. The molecule has 0 N–H and O–H groups in total. The molecule has 3 nitrogen and oxygen atoms in total. The van der Waals surface area contributed by atoms with Gasteiger partial charge in [-0.25, -0.2) is 0 Å². The van der Waals surface area contributed by atoms with Crippen molar-refractivity contribution in [2.24, 2.45) is 5.92 Å². The summed E-state index contributed by atoms with van der Waals surface area (Å²) in [5.41, 5.74) is 6.39. The van der Waals surface area contributed by atoms with Crippen molar-refractivity contribution in [3.63, 3.8) is 0 Å². The predicted octanol–water partition coefficient (Wildman–Crippen LogP) is 7.02. The molecule has 35 heavy (non-hydrogen) atoms. The van der Waals surface area contributed by atoms with Gasteiger partial charge in [0.25, 0.3) is 0 Å². The molecule has 0 spiro atoms. The van der Waals surface area contributed by atoms with Crippen molar-refractivity contribution < 1.29 is 14.3 Å². The van der Waals surface area contributed by atoms with Gasteiger partial charge in [-0.3, -0.25) is 9.59 Å². The van der Waals surface area contributed by atoms with Gasteiger partial charge < -0.3 is 4.74 Å². The number of benzene rings is 4. The van der Waals surface area contributed by atoms with Gasteiger partial charge in [0.2, 0.25) is 0 Å². The molecule has 4 aromatic carbocycles. The molecule has 1 unspecified atom stereocenters. The molecule has 0 saturated heterocycles. The van der Waals surface area contributed by atoms with Crippen molar-refractivity contribution in [1.82, 2.24) is 0 Å². The van der Waals surface area contributed by atoms with E-state index in [-0.39, 0.29) is 12.4 Å². The average Bonchev–Trinajstić information content (AvgIpc) is 2.91. The third-order valence-electron chi connectivity index (χ3n) is 5.90. The Bertz CT molecular complexity index is 1270. The van der Waals surface area contributed by atoms with E-state index in [1.807, 2.05) is 72.8 Å². The highest BCUT2D eigenvalue weighted by atomic mass is 16.5. The predicted molar refractivity (Wildman–Crippen MR) is 141 cm³/mol. The molecule has 3 heteroatoms. The Balaban J connectivity index is 1.31. The number of ether oxygens (including phenoxy) is 1. The Kier molecular flexibility index (Phi) is 8.03. The number of hydrogen-bond acceptors (Lipinski definition) is 3. The van der Waals surface area contributed by atoms with Crippen LogP contribution in [-0.2, 0) is 27.4 Å². The summed E-state index contributed by atoms with van der Waals surface area (Å²) in [6.45, 7) is 1.58. The maximum absolute atomic E-state index is 12.5. The van der Waals surface area contributed by atoms with Crippen LogP contribution in [0.15, 0.2) is 109 Å². The molecule has 0 aliphatic rings. The van der Waals surface area contributed by atoms with Crippen LogP contribution in [0.25, 0.3) is 23.3 Å². The monoisotopic (exact) mass is 460 g/mol. The average molecular weight is 461 g/mol. The van der Waals surface area contributed by atoms with Crippen molar-refractivity contribution in [3.05, 3.63) is 131 Å². The van der Waals surface area contributed by atoms with Crippen LogP contribution in [0.4, 0.5) is 0 Å². The summed E-state index contributed by atoms with van der Waals surface area (Å²) in [5, 5.41) is 0. The lowest BCUT2D eigenvalue weighted by molar-refractivity contribution is -0.152. The maximum Gasteiger partial charge on any atom is 0.317 e. The zero-order chi connectivity index (χ0) is 24.5. The van der Waals surface area contributed by atoms with Crippen LogP contribution in [0.1, 0.15) is 29.2 Å². The van der Waals surface area contributed by atoms with Crippen LogP contribution in [0.5, 0.6) is 0 Å². The Morgan fingerprint density at radius 3 is 1.74 bits per heavy atom. The van der Waals surface area contributed by atoms with Crippen molar-refractivity contribution in [1.29, 1.82) is 0 Å². The molecule has 4 rings (SSSR count). The largest absolute Gasteiger partial charge is 0.460 e. The Morgan fingerprint density at radius 2 is 1.17 bits per heavy atom. The molecule has 0 aromatic heterocycles. The number of carbonyl (C=O) groups is 2. The highest BCUT2D eigenvalue weighted by Gasteiger charge is 2.25. The lowest BCUT2D eigenvalue weighted by atomic mass is 9.96. The van der Waals surface area contributed by atoms with Crippen LogP contribution < -0.4 is 0 Å². The Morgan fingerprint density at radius 1 is 0.657 bits per heavy atom. The molecule has 0 fully saturated rings. The number of Topliss-reactive ketones (excluding diaryl/α,β-unsaturated/α-hetero) is 1. The van der Waals surface area contributed by atoms with Crippen molar-refractivity contribution >= 4 is 23.9 Å². The highest BCUT2D eigenvalue weighted by Crippen LogP contribution is 2.20. The topological polar surface area (TPSA) is 43.4 Å². The molecular formula is C32H28O3. The van der Waals surface area contributed by atoms with E-state index in [1.165, 1.54) is 18.1 Å². The zero-order valence-corrected chi connectivity index (χ0v) is 19.8. The van der Waals surface area contributed by atoms with Gasteiger partial charge in [0.15, 0.2) is 0 Å². The molecule has 174 valence electrons. The fourth-order valence-corrected chi connectivity index (χ4v) is 3.83. The van der Waals surface area contributed by atoms with E-state index in [2.05, 4.69) is 48.6 Å². The van der Waals surface area contributed by atoms with Crippen molar-refractivity contribution in [2.45, 2.75) is 20.0 Å². The van der Waals surface area contributed by atoms with Crippen molar-refractivity contribution in [3.8, 4) is 11.1 Å². The van der Waals surface area contributed by atoms with Gasteiger partial charge in [0.1, 0.15) is 18.3 Å². The first-order chi connectivity index (χ1) is 17.1. The van der Waals surface area contributed by atoms with E-state index in [9.17, 15) is 9.59 Å². The summed E-state index contributed by atoms with van der Waals surface area (Å²) in [4.78, 5) is 24.6. The fourth-order valence-electron chi connectivity index (χ4n) is 3.83. The first kappa shape index (κ1) is 23.9. The summed E-state index contributed by atoms with van der Waals surface area (Å²) in [6, 6.07) is 36.1. The van der Waals surface area contributed by atoms with E-state index in [4.69, 9.17) is 4.74 Å². The van der Waals surface area contributed by atoms with Crippen molar-refractivity contribution in [2.75, 3.05) is 0 Å². The van der Waals surface area contributed by atoms with E-state index in [0.29, 0.717) is 6.42 Å². The molecule has 0 radical (unpaired) electrons. The van der Waals surface area contributed by atoms with Crippen LogP contribution in [0.2, 0.25) is 0 Å². The summed E-state index contributed by atoms with van der Waals surface area (Å²) in [6.07, 6.45) is 4.48. The highest BCUT2D eigenvalue weighted by molar-refractivity contribution is 5.98. The molecule has 0 aliphatic heterocycles. The summed E-state index contributed by atoms with van der Waals surface area (Å²) in [7, 11) is 0. The van der Waals surface area contributed by atoms with E-state index < -0.39 is 11.9 Å². The number of hydrogen-bond donors (Lipinski definition) is 0. The lowest BCUT2D eigenvalue weighted by Crippen LogP contribution is -2.26. The lowest BCUT2D eigenvalue weighted by Gasteiger charge is -2.13.